The van der Waals surface area contributed by atoms with Crippen molar-refractivity contribution < 1.29 is 19.2 Å². The molecule has 0 saturated heterocycles. The SMILES string of the molecule is CC(C)(C)OC(=O)N1CC=CC1COc1cccnc1[N+](=O)[O-]. The molecule has 1 amide bonds. The van der Waals surface area contributed by atoms with Gasteiger partial charge < -0.3 is 19.6 Å². The van der Waals surface area contributed by atoms with E-state index < -0.39 is 16.6 Å². The van der Waals surface area contributed by atoms with E-state index in [1.165, 1.54) is 17.2 Å². The Kier molecular flexibility index (Phi) is 4.83. The molecule has 8 heteroatoms. The third-order valence-corrected chi connectivity index (χ3v) is 3.02. The maximum Gasteiger partial charge on any atom is 0.411 e. The second kappa shape index (κ2) is 6.64. The molecule has 0 radical (unpaired) electrons. The number of hydrogen-bond donors (Lipinski definition) is 0. The minimum Gasteiger partial charge on any atom is -0.483 e. The zero-order chi connectivity index (χ0) is 17.0. The first-order valence-electron chi connectivity index (χ1n) is 7.16. The largest absolute Gasteiger partial charge is 0.483 e. The molecule has 1 aliphatic heterocycles. The fourth-order valence-electron chi connectivity index (χ4n) is 2.05. The van der Waals surface area contributed by atoms with Crippen LogP contribution in [-0.4, -0.2) is 45.7 Å². The van der Waals surface area contributed by atoms with Crippen molar-refractivity contribution in [1.82, 2.24) is 9.88 Å². The molecule has 1 aromatic rings. The second-order valence-electron chi connectivity index (χ2n) is 6.02. The van der Waals surface area contributed by atoms with E-state index in [9.17, 15) is 14.9 Å². The van der Waals surface area contributed by atoms with E-state index >= 15 is 0 Å². The molecule has 0 aromatic carbocycles. The van der Waals surface area contributed by atoms with Gasteiger partial charge in [-0.25, -0.2) is 4.79 Å². The number of nitrogens with zero attached hydrogens (tertiary/aromatic N) is 3. The molecule has 2 heterocycles. The molecule has 0 bridgehead atoms. The summed E-state index contributed by atoms with van der Waals surface area (Å²) in [5, 5.41) is 10.9. The quantitative estimate of drug-likeness (QED) is 0.480. The normalized spacial score (nSPS) is 17.2. The predicted molar refractivity (Wildman–Crippen MR) is 82.3 cm³/mol. The first-order chi connectivity index (χ1) is 10.8. The Labute approximate surface area is 133 Å². The van der Waals surface area contributed by atoms with E-state index in [0.29, 0.717) is 6.54 Å². The molecule has 8 nitrogen and oxygen atoms in total. The summed E-state index contributed by atoms with van der Waals surface area (Å²) >= 11 is 0. The van der Waals surface area contributed by atoms with Crippen molar-refractivity contribution in [3.8, 4) is 5.75 Å². The zero-order valence-corrected chi connectivity index (χ0v) is 13.3. The van der Waals surface area contributed by atoms with Gasteiger partial charge in [0.15, 0.2) is 0 Å². The van der Waals surface area contributed by atoms with Crippen molar-refractivity contribution in [1.29, 1.82) is 0 Å². The Bertz CT molecular complexity index is 624. The molecule has 2 rings (SSSR count). The van der Waals surface area contributed by atoms with Gasteiger partial charge in [-0.05, 0) is 42.8 Å². The summed E-state index contributed by atoms with van der Waals surface area (Å²) < 4.78 is 10.8. The van der Waals surface area contributed by atoms with E-state index in [1.54, 1.807) is 26.8 Å². The van der Waals surface area contributed by atoms with Crippen molar-refractivity contribution in [2.75, 3.05) is 13.2 Å². The summed E-state index contributed by atoms with van der Waals surface area (Å²) in [5.74, 6) is -0.278. The van der Waals surface area contributed by atoms with Crippen molar-refractivity contribution >= 4 is 11.9 Å². The van der Waals surface area contributed by atoms with Gasteiger partial charge in [-0.15, -0.1) is 0 Å². The first-order valence-corrected chi connectivity index (χ1v) is 7.16. The smallest absolute Gasteiger partial charge is 0.411 e. The second-order valence-corrected chi connectivity index (χ2v) is 6.02. The topological polar surface area (TPSA) is 94.8 Å². The van der Waals surface area contributed by atoms with Crippen molar-refractivity contribution in [3.05, 3.63) is 40.6 Å². The van der Waals surface area contributed by atoms with E-state index in [-0.39, 0.29) is 24.2 Å². The van der Waals surface area contributed by atoms with Crippen LogP contribution in [-0.2, 0) is 4.74 Å². The lowest BCUT2D eigenvalue weighted by Crippen LogP contribution is -2.42. The lowest BCUT2D eigenvalue weighted by atomic mass is 10.2. The van der Waals surface area contributed by atoms with Crippen LogP contribution in [0.1, 0.15) is 20.8 Å². The lowest BCUT2D eigenvalue weighted by Gasteiger charge is -2.28. The van der Waals surface area contributed by atoms with Gasteiger partial charge in [0.1, 0.15) is 18.4 Å². The Hall–Kier alpha value is -2.64. The molecule has 1 atom stereocenters. The van der Waals surface area contributed by atoms with Gasteiger partial charge in [-0.2, -0.15) is 0 Å². The summed E-state index contributed by atoms with van der Waals surface area (Å²) in [6, 6.07) is 2.68. The van der Waals surface area contributed by atoms with Crippen LogP contribution in [0.25, 0.3) is 0 Å². The molecule has 0 fully saturated rings. The van der Waals surface area contributed by atoms with Crippen LogP contribution in [0.15, 0.2) is 30.5 Å². The van der Waals surface area contributed by atoms with E-state index in [1.807, 2.05) is 12.2 Å². The number of carbonyl (C=O) groups is 1. The Morgan fingerprint density at radius 2 is 2.26 bits per heavy atom. The van der Waals surface area contributed by atoms with Crippen LogP contribution in [0.4, 0.5) is 10.6 Å². The summed E-state index contributed by atoms with van der Waals surface area (Å²) in [6.07, 6.45) is 4.52. The maximum atomic E-state index is 12.1. The number of pyridine rings is 1. The molecular formula is C15H19N3O5. The predicted octanol–water partition coefficient (Wildman–Crippen LogP) is 2.54. The van der Waals surface area contributed by atoms with Crippen molar-refractivity contribution in [3.63, 3.8) is 0 Å². The molecule has 124 valence electrons. The van der Waals surface area contributed by atoms with Gasteiger partial charge in [0, 0.05) is 6.54 Å². The average Bonchev–Trinajstić information content (AvgIpc) is 2.92. The third kappa shape index (κ3) is 4.41. The summed E-state index contributed by atoms with van der Waals surface area (Å²) in [6.45, 7) is 5.87. The van der Waals surface area contributed by atoms with Crippen LogP contribution in [0, 0.1) is 10.1 Å². The molecule has 0 spiro atoms. The highest BCUT2D eigenvalue weighted by molar-refractivity contribution is 5.69. The van der Waals surface area contributed by atoms with Gasteiger partial charge >= 0.3 is 11.9 Å². The number of carbonyl (C=O) groups excluding carboxylic acids is 1. The third-order valence-electron chi connectivity index (χ3n) is 3.02. The fourth-order valence-corrected chi connectivity index (χ4v) is 2.05. The molecule has 1 unspecified atom stereocenters. The molecule has 1 aliphatic rings. The molecular weight excluding hydrogens is 302 g/mol. The fraction of sp³-hybridized carbons (Fsp3) is 0.467. The molecule has 0 saturated carbocycles. The summed E-state index contributed by atoms with van der Waals surface area (Å²) in [7, 11) is 0. The van der Waals surface area contributed by atoms with Gasteiger partial charge in [0.25, 0.3) is 0 Å². The van der Waals surface area contributed by atoms with Gasteiger partial charge in [-0.1, -0.05) is 12.2 Å². The molecule has 0 N–H and O–H groups in total. The number of nitro groups is 1. The van der Waals surface area contributed by atoms with Crippen LogP contribution < -0.4 is 4.74 Å². The van der Waals surface area contributed by atoms with Crippen molar-refractivity contribution in [2.45, 2.75) is 32.4 Å². The minimum absolute atomic E-state index is 0.0712. The van der Waals surface area contributed by atoms with Gasteiger partial charge in [0.2, 0.25) is 5.75 Å². The average molecular weight is 321 g/mol. The van der Waals surface area contributed by atoms with Crippen molar-refractivity contribution in [2.24, 2.45) is 0 Å². The number of aromatic nitrogens is 1. The Balaban J connectivity index is 2.01. The number of hydrogen-bond acceptors (Lipinski definition) is 6. The van der Waals surface area contributed by atoms with Gasteiger partial charge in [-0.3, -0.25) is 4.90 Å². The Morgan fingerprint density at radius 1 is 1.52 bits per heavy atom. The lowest BCUT2D eigenvalue weighted by molar-refractivity contribution is -0.390. The molecule has 0 aliphatic carbocycles. The number of rotatable bonds is 4. The standard InChI is InChI=1S/C15H19N3O5/c1-15(2,3)23-14(19)17-9-5-6-11(17)10-22-12-7-4-8-16-13(12)18(20)21/h4-8,11H,9-10H2,1-3H3. The molecule has 1 aromatic heterocycles. The van der Waals surface area contributed by atoms with E-state index in [4.69, 9.17) is 9.47 Å². The first kappa shape index (κ1) is 16.7. The van der Waals surface area contributed by atoms with E-state index in [0.717, 1.165) is 0 Å². The van der Waals surface area contributed by atoms with Crippen LogP contribution in [0.3, 0.4) is 0 Å². The number of ether oxygens (including phenoxy) is 2. The molecule has 23 heavy (non-hydrogen) atoms. The van der Waals surface area contributed by atoms with E-state index in [2.05, 4.69) is 4.98 Å². The minimum atomic E-state index is -0.606. The summed E-state index contributed by atoms with van der Waals surface area (Å²) in [4.78, 5) is 27.6. The number of amides is 1. The highest BCUT2D eigenvalue weighted by Gasteiger charge is 2.30. The Morgan fingerprint density at radius 3 is 2.91 bits per heavy atom. The van der Waals surface area contributed by atoms with Gasteiger partial charge in [0.05, 0.1) is 6.04 Å². The van der Waals surface area contributed by atoms with Crippen LogP contribution in [0.5, 0.6) is 5.75 Å². The highest BCUT2D eigenvalue weighted by Crippen LogP contribution is 2.24. The maximum absolute atomic E-state index is 12.1. The zero-order valence-electron chi connectivity index (χ0n) is 13.3. The highest BCUT2D eigenvalue weighted by atomic mass is 16.6. The summed E-state index contributed by atoms with van der Waals surface area (Å²) in [5.41, 5.74) is -0.590. The monoisotopic (exact) mass is 321 g/mol. The van der Waals surface area contributed by atoms with Crippen LogP contribution in [0.2, 0.25) is 0 Å². The van der Waals surface area contributed by atoms with Crippen LogP contribution >= 0.6 is 0 Å².